The van der Waals surface area contributed by atoms with Gasteiger partial charge < -0.3 is 15.5 Å². The second-order valence-electron chi connectivity index (χ2n) is 5.57. The molecule has 0 aliphatic carbocycles. The van der Waals surface area contributed by atoms with E-state index in [0.29, 0.717) is 12.5 Å². The highest BCUT2D eigenvalue weighted by atomic mass is 127. The van der Waals surface area contributed by atoms with E-state index in [9.17, 15) is 0 Å². The Kier molecular flexibility index (Phi) is 8.73. The number of aliphatic imine (C=N–C) groups is 1. The van der Waals surface area contributed by atoms with Gasteiger partial charge in [-0.05, 0) is 30.3 Å². The summed E-state index contributed by atoms with van der Waals surface area (Å²) in [7, 11) is 0. The number of aromatic nitrogens is 2. The number of piperazine rings is 1. The maximum Gasteiger partial charge on any atom is 0.225 e. The standard InChI is InChI=1S/C17H21ClN6S.HI/c18-14-2-4-15(5-3-14)25-13-8-20-16(19)23-9-11-24(12-10-23)17-21-6-1-7-22-17;/h1-7H,8-13H2,(H2,19,20);1H. The number of hydrogen-bond acceptors (Lipinski definition) is 5. The van der Waals surface area contributed by atoms with Crippen LogP contribution in [0.25, 0.3) is 0 Å². The van der Waals surface area contributed by atoms with Crippen LogP contribution in [0.2, 0.25) is 5.02 Å². The molecule has 0 radical (unpaired) electrons. The first-order valence-electron chi connectivity index (χ1n) is 8.17. The van der Waals surface area contributed by atoms with Crippen molar-refractivity contribution in [2.45, 2.75) is 4.90 Å². The van der Waals surface area contributed by atoms with Crippen LogP contribution in [0.4, 0.5) is 5.95 Å². The third kappa shape index (κ3) is 6.17. The number of thioether (sulfide) groups is 1. The molecule has 1 saturated heterocycles. The Labute approximate surface area is 180 Å². The van der Waals surface area contributed by atoms with Gasteiger partial charge in [-0.3, -0.25) is 4.99 Å². The molecule has 0 saturated carbocycles. The lowest BCUT2D eigenvalue weighted by molar-refractivity contribution is 0.378. The highest BCUT2D eigenvalue weighted by Crippen LogP contribution is 2.20. The summed E-state index contributed by atoms with van der Waals surface area (Å²) in [6, 6.07) is 9.66. The number of anilines is 1. The minimum atomic E-state index is 0. The van der Waals surface area contributed by atoms with Gasteiger partial charge in [-0.1, -0.05) is 11.6 Å². The van der Waals surface area contributed by atoms with E-state index >= 15 is 0 Å². The molecule has 0 bridgehead atoms. The number of nitrogens with zero attached hydrogens (tertiary/aromatic N) is 5. The topological polar surface area (TPSA) is 70.6 Å². The molecule has 1 aromatic heterocycles. The molecular weight excluding hydrogens is 483 g/mol. The van der Waals surface area contributed by atoms with Crippen LogP contribution in [0, 0.1) is 0 Å². The highest BCUT2D eigenvalue weighted by Gasteiger charge is 2.19. The largest absolute Gasteiger partial charge is 0.370 e. The van der Waals surface area contributed by atoms with Crippen molar-refractivity contribution >= 4 is 59.2 Å². The first-order chi connectivity index (χ1) is 12.2. The van der Waals surface area contributed by atoms with Crippen LogP contribution in [0.1, 0.15) is 0 Å². The summed E-state index contributed by atoms with van der Waals surface area (Å²) < 4.78 is 0. The zero-order valence-corrected chi connectivity index (χ0v) is 18.2. The van der Waals surface area contributed by atoms with Crippen LogP contribution >= 0.6 is 47.3 Å². The van der Waals surface area contributed by atoms with Gasteiger partial charge in [0.1, 0.15) is 0 Å². The quantitative estimate of drug-likeness (QED) is 0.222. The zero-order valence-electron chi connectivity index (χ0n) is 14.3. The average molecular weight is 505 g/mol. The Hall–Kier alpha value is -1.26. The van der Waals surface area contributed by atoms with E-state index in [1.54, 1.807) is 24.2 Å². The van der Waals surface area contributed by atoms with Crippen LogP contribution < -0.4 is 10.6 Å². The first kappa shape index (κ1) is 21.0. The molecule has 1 aliphatic rings. The molecule has 1 aliphatic heterocycles. The molecule has 0 spiro atoms. The number of nitrogens with two attached hydrogens (primary N) is 1. The average Bonchev–Trinajstić information content (AvgIpc) is 2.67. The molecule has 0 unspecified atom stereocenters. The number of benzene rings is 1. The van der Waals surface area contributed by atoms with E-state index in [1.807, 2.05) is 30.3 Å². The minimum Gasteiger partial charge on any atom is -0.370 e. The summed E-state index contributed by atoms with van der Waals surface area (Å²) in [5, 5.41) is 0.756. The van der Waals surface area contributed by atoms with E-state index in [0.717, 1.165) is 42.9 Å². The van der Waals surface area contributed by atoms with Crippen molar-refractivity contribution in [3.05, 3.63) is 47.7 Å². The fourth-order valence-electron chi connectivity index (χ4n) is 2.54. The molecule has 6 nitrogen and oxygen atoms in total. The molecular formula is C17H22ClIN6S. The molecule has 1 aromatic carbocycles. The molecule has 2 N–H and O–H groups in total. The van der Waals surface area contributed by atoms with Crippen molar-refractivity contribution in [1.82, 2.24) is 14.9 Å². The smallest absolute Gasteiger partial charge is 0.225 e. The molecule has 0 atom stereocenters. The molecule has 2 aromatic rings. The third-order valence-corrected chi connectivity index (χ3v) is 5.13. The zero-order chi connectivity index (χ0) is 17.5. The summed E-state index contributed by atoms with van der Waals surface area (Å²) in [6.07, 6.45) is 3.53. The van der Waals surface area contributed by atoms with Crippen molar-refractivity contribution in [1.29, 1.82) is 0 Å². The van der Waals surface area contributed by atoms with Gasteiger partial charge in [0.15, 0.2) is 5.96 Å². The van der Waals surface area contributed by atoms with Crippen molar-refractivity contribution in [3.63, 3.8) is 0 Å². The summed E-state index contributed by atoms with van der Waals surface area (Å²) in [5.41, 5.74) is 6.13. The van der Waals surface area contributed by atoms with Crippen LogP contribution in [0.15, 0.2) is 52.6 Å². The Morgan fingerprint density at radius 3 is 2.42 bits per heavy atom. The van der Waals surface area contributed by atoms with Gasteiger partial charge >= 0.3 is 0 Å². The van der Waals surface area contributed by atoms with Gasteiger partial charge in [0, 0.05) is 54.2 Å². The first-order valence-corrected chi connectivity index (χ1v) is 9.54. The summed E-state index contributed by atoms with van der Waals surface area (Å²) in [5.74, 6) is 2.28. The predicted molar refractivity (Wildman–Crippen MR) is 120 cm³/mol. The van der Waals surface area contributed by atoms with Gasteiger partial charge in [-0.2, -0.15) is 0 Å². The van der Waals surface area contributed by atoms with E-state index in [1.165, 1.54) is 4.90 Å². The predicted octanol–water partition coefficient (Wildman–Crippen LogP) is 2.98. The van der Waals surface area contributed by atoms with Gasteiger partial charge in [0.25, 0.3) is 0 Å². The highest BCUT2D eigenvalue weighted by molar-refractivity contribution is 14.0. The minimum absolute atomic E-state index is 0. The van der Waals surface area contributed by atoms with Gasteiger partial charge in [0.2, 0.25) is 5.95 Å². The van der Waals surface area contributed by atoms with E-state index in [2.05, 4.69) is 24.8 Å². The molecule has 3 rings (SSSR count). The van der Waals surface area contributed by atoms with Crippen molar-refractivity contribution in [2.75, 3.05) is 43.4 Å². The van der Waals surface area contributed by atoms with Crippen LogP contribution in [0.3, 0.4) is 0 Å². The second kappa shape index (κ2) is 10.8. The summed E-state index contributed by atoms with van der Waals surface area (Å²) in [4.78, 5) is 18.6. The normalized spacial score (nSPS) is 14.9. The lowest BCUT2D eigenvalue weighted by Gasteiger charge is -2.35. The van der Waals surface area contributed by atoms with Crippen molar-refractivity contribution in [2.24, 2.45) is 10.7 Å². The SMILES string of the molecule is I.NC(=NCCSc1ccc(Cl)cc1)N1CCN(c2ncccn2)CC1. The number of hydrogen-bond donors (Lipinski definition) is 1. The molecule has 140 valence electrons. The van der Waals surface area contributed by atoms with Crippen molar-refractivity contribution < 1.29 is 0 Å². The lowest BCUT2D eigenvalue weighted by Crippen LogP contribution is -2.51. The monoisotopic (exact) mass is 504 g/mol. The van der Waals surface area contributed by atoms with E-state index in [-0.39, 0.29) is 24.0 Å². The Balaban J connectivity index is 0.00000243. The third-order valence-electron chi connectivity index (χ3n) is 3.89. The van der Waals surface area contributed by atoms with Crippen molar-refractivity contribution in [3.8, 4) is 0 Å². The van der Waals surface area contributed by atoms with Gasteiger partial charge in [-0.25, -0.2) is 9.97 Å². The molecule has 2 heterocycles. The second-order valence-corrected chi connectivity index (χ2v) is 7.17. The summed E-state index contributed by atoms with van der Waals surface area (Å²) in [6.45, 7) is 4.05. The van der Waals surface area contributed by atoms with Crippen LogP contribution in [-0.2, 0) is 0 Å². The van der Waals surface area contributed by atoms with Gasteiger partial charge in [-0.15, -0.1) is 35.7 Å². The maximum atomic E-state index is 6.13. The molecule has 9 heteroatoms. The fourth-order valence-corrected chi connectivity index (χ4v) is 3.42. The maximum absolute atomic E-state index is 6.13. The number of rotatable bonds is 5. The van der Waals surface area contributed by atoms with E-state index < -0.39 is 0 Å². The fraction of sp³-hybridized carbons (Fsp3) is 0.353. The molecule has 26 heavy (non-hydrogen) atoms. The Morgan fingerprint density at radius 2 is 1.77 bits per heavy atom. The molecule has 1 fully saturated rings. The summed E-state index contributed by atoms with van der Waals surface area (Å²) >= 11 is 7.64. The lowest BCUT2D eigenvalue weighted by atomic mass is 10.3. The number of halogens is 2. The molecule has 0 amide bonds. The van der Waals surface area contributed by atoms with E-state index in [4.69, 9.17) is 17.3 Å². The Bertz CT molecular complexity index is 692. The van der Waals surface area contributed by atoms with Crippen LogP contribution in [-0.4, -0.2) is 59.3 Å². The Morgan fingerprint density at radius 1 is 1.12 bits per heavy atom. The number of guanidine groups is 1. The van der Waals surface area contributed by atoms with Gasteiger partial charge in [0.05, 0.1) is 6.54 Å². The van der Waals surface area contributed by atoms with Crippen LogP contribution in [0.5, 0.6) is 0 Å².